The molecule has 0 unspecified atom stereocenters. The van der Waals surface area contributed by atoms with Gasteiger partial charge < -0.3 is 4.74 Å². The van der Waals surface area contributed by atoms with Crippen LogP contribution in [0.15, 0.2) is 0 Å². The first-order valence-corrected chi connectivity index (χ1v) is 4.48. The summed E-state index contributed by atoms with van der Waals surface area (Å²) in [6.07, 6.45) is 4.24. The number of carbonyl (C=O) groups excluding carboxylic acids is 1. The second-order valence-corrected chi connectivity index (χ2v) is 2.96. The molecule has 0 aromatic heterocycles. The van der Waals surface area contributed by atoms with E-state index < -0.39 is 0 Å². The lowest BCUT2D eigenvalue weighted by atomic mass is 10.2. The molecule has 1 heterocycles. The molecule has 0 aromatic rings. The largest absolute Gasteiger partial charge is 0.461 e. The zero-order chi connectivity index (χ0) is 8.81. The molecule has 66 valence electrons. The highest BCUT2D eigenvalue weighted by atomic mass is 16.5. The maximum Gasteiger partial charge on any atom is 0.306 e. The van der Waals surface area contributed by atoms with Crippen molar-refractivity contribution in [3.8, 4) is 11.8 Å². The zero-order valence-electron chi connectivity index (χ0n) is 7.43. The van der Waals surface area contributed by atoms with Gasteiger partial charge in [-0.2, -0.15) is 0 Å². The van der Waals surface area contributed by atoms with Crippen LogP contribution in [0.5, 0.6) is 0 Å². The van der Waals surface area contributed by atoms with Crippen molar-refractivity contribution in [2.45, 2.75) is 45.1 Å². The van der Waals surface area contributed by atoms with Gasteiger partial charge in [0, 0.05) is 19.3 Å². The van der Waals surface area contributed by atoms with Gasteiger partial charge in [0.05, 0.1) is 0 Å². The van der Waals surface area contributed by atoms with Crippen molar-refractivity contribution in [1.82, 2.24) is 0 Å². The second kappa shape index (κ2) is 4.82. The molecule has 1 rings (SSSR count). The highest BCUT2D eigenvalue weighted by Gasteiger charge is 2.21. The van der Waals surface area contributed by atoms with Crippen molar-refractivity contribution in [3.63, 3.8) is 0 Å². The number of esters is 1. The highest BCUT2D eigenvalue weighted by molar-refractivity contribution is 5.71. The van der Waals surface area contributed by atoms with Crippen LogP contribution >= 0.6 is 0 Å². The first-order chi connectivity index (χ1) is 5.83. The predicted molar refractivity (Wildman–Crippen MR) is 46.4 cm³/mol. The van der Waals surface area contributed by atoms with Crippen LogP contribution in [0.2, 0.25) is 0 Å². The fourth-order valence-corrected chi connectivity index (χ4v) is 1.13. The molecule has 0 aliphatic carbocycles. The van der Waals surface area contributed by atoms with Crippen LogP contribution in [-0.2, 0) is 9.53 Å². The standard InChI is InChI=1S/C10H14O2/c1-2-3-4-5-6-9-7-8-10(11)12-9/h9H,2-3,6-8H2,1H3/t9-/m1/s1. The third kappa shape index (κ3) is 2.96. The van der Waals surface area contributed by atoms with E-state index in [-0.39, 0.29) is 12.1 Å². The van der Waals surface area contributed by atoms with Crippen molar-refractivity contribution in [2.24, 2.45) is 0 Å². The number of hydrogen-bond acceptors (Lipinski definition) is 2. The Bertz CT molecular complexity index is 210. The van der Waals surface area contributed by atoms with Gasteiger partial charge in [0.15, 0.2) is 0 Å². The molecule has 0 saturated carbocycles. The number of cyclic esters (lactones) is 1. The minimum atomic E-state index is -0.0720. The molecule has 1 atom stereocenters. The third-order valence-corrected chi connectivity index (χ3v) is 1.80. The maximum atomic E-state index is 10.7. The first-order valence-electron chi connectivity index (χ1n) is 4.48. The van der Waals surface area contributed by atoms with Crippen LogP contribution in [0.25, 0.3) is 0 Å². The molecule has 0 amide bonds. The Labute approximate surface area is 73.3 Å². The Morgan fingerprint density at radius 2 is 2.42 bits per heavy atom. The summed E-state index contributed by atoms with van der Waals surface area (Å²) < 4.78 is 5.00. The van der Waals surface area contributed by atoms with Crippen molar-refractivity contribution in [3.05, 3.63) is 0 Å². The SMILES string of the molecule is CCCC#CC[C@@H]1CCC(=O)O1. The molecule has 1 aliphatic heterocycles. The van der Waals surface area contributed by atoms with E-state index in [0.717, 1.165) is 19.3 Å². The van der Waals surface area contributed by atoms with E-state index in [4.69, 9.17) is 4.74 Å². The van der Waals surface area contributed by atoms with Gasteiger partial charge in [0.2, 0.25) is 0 Å². The van der Waals surface area contributed by atoms with E-state index in [1.807, 2.05) is 0 Å². The Hall–Kier alpha value is -0.970. The zero-order valence-corrected chi connectivity index (χ0v) is 7.43. The van der Waals surface area contributed by atoms with Crippen LogP contribution in [-0.4, -0.2) is 12.1 Å². The maximum absolute atomic E-state index is 10.7. The molecular formula is C10H14O2. The van der Waals surface area contributed by atoms with Crippen LogP contribution < -0.4 is 0 Å². The summed E-state index contributed by atoms with van der Waals surface area (Å²) in [5, 5.41) is 0. The van der Waals surface area contributed by atoms with Crippen molar-refractivity contribution in [2.75, 3.05) is 0 Å². The Balaban J connectivity index is 2.16. The van der Waals surface area contributed by atoms with Gasteiger partial charge >= 0.3 is 5.97 Å². The fourth-order valence-electron chi connectivity index (χ4n) is 1.13. The number of carbonyl (C=O) groups is 1. The summed E-state index contributed by atoms with van der Waals surface area (Å²) >= 11 is 0. The van der Waals surface area contributed by atoms with Gasteiger partial charge in [-0.3, -0.25) is 4.79 Å². The average molecular weight is 166 g/mol. The molecule has 0 spiro atoms. The van der Waals surface area contributed by atoms with Crippen molar-refractivity contribution < 1.29 is 9.53 Å². The van der Waals surface area contributed by atoms with E-state index in [1.54, 1.807) is 0 Å². The van der Waals surface area contributed by atoms with E-state index in [9.17, 15) is 4.79 Å². The lowest BCUT2D eigenvalue weighted by Crippen LogP contribution is -2.04. The van der Waals surface area contributed by atoms with Crippen molar-refractivity contribution in [1.29, 1.82) is 0 Å². The average Bonchev–Trinajstić information content (AvgIpc) is 2.45. The quantitative estimate of drug-likeness (QED) is 0.462. The molecule has 0 N–H and O–H groups in total. The van der Waals surface area contributed by atoms with E-state index >= 15 is 0 Å². The van der Waals surface area contributed by atoms with Gasteiger partial charge in [-0.1, -0.05) is 12.8 Å². The lowest BCUT2D eigenvalue weighted by molar-refractivity contribution is -0.141. The molecule has 0 bridgehead atoms. The highest BCUT2D eigenvalue weighted by Crippen LogP contribution is 2.15. The number of ether oxygens (including phenoxy) is 1. The minimum Gasteiger partial charge on any atom is -0.461 e. The van der Waals surface area contributed by atoms with Gasteiger partial charge in [0.1, 0.15) is 6.10 Å². The molecule has 2 nitrogen and oxygen atoms in total. The van der Waals surface area contributed by atoms with E-state index in [0.29, 0.717) is 12.8 Å². The summed E-state index contributed by atoms with van der Waals surface area (Å²) in [7, 11) is 0. The Morgan fingerprint density at radius 1 is 1.58 bits per heavy atom. The fraction of sp³-hybridized carbons (Fsp3) is 0.700. The van der Waals surface area contributed by atoms with Crippen LogP contribution in [0.4, 0.5) is 0 Å². The minimum absolute atomic E-state index is 0.0712. The van der Waals surface area contributed by atoms with E-state index in [2.05, 4.69) is 18.8 Å². The number of rotatable bonds is 2. The predicted octanol–water partition coefficient (Wildman–Crippen LogP) is 1.89. The molecule has 0 aromatic carbocycles. The van der Waals surface area contributed by atoms with Gasteiger partial charge in [0.25, 0.3) is 0 Å². The summed E-state index contributed by atoms with van der Waals surface area (Å²) in [5.41, 5.74) is 0. The lowest BCUT2D eigenvalue weighted by Gasteiger charge is -2.01. The number of hydrogen-bond donors (Lipinski definition) is 0. The number of unbranched alkanes of at least 4 members (excludes halogenated alkanes) is 1. The van der Waals surface area contributed by atoms with Gasteiger partial charge in [-0.05, 0) is 12.8 Å². The summed E-state index contributed by atoms with van der Waals surface area (Å²) in [6.45, 7) is 2.10. The molecule has 0 radical (unpaired) electrons. The van der Waals surface area contributed by atoms with Crippen molar-refractivity contribution >= 4 is 5.97 Å². The Morgan fingerprint density at radius 3 is 3.00 bits per heavy atom. The third-order valence-electron chi connectivity index (χ3n) is 1.80. The summed E-state index contributed by atoms with van der Waals surface area (Å²) in [4.78, 5) is 10.7. The smallest absolute Gasteiger partial charge is 0.306 e. The molecule has 12 heavy (non-hydrogen) atoms. The molecule has 1 aliphatic rings. The van der Waals surface area contributed by atoms with Gasteiger partial charge in [-0.15, -0.1) is 5.92 Å². The van der Waals surface area contributed by atoms with E-state index in [1.165, 1.54) is 0 Å². The van der Waals surface area contributed by atoms with Crippen LogP contribution in [0.1, 0.15) is 39.0 Å². The summed E-state index contributed by atoms with van der Waals surface area (Å²) in [5.74, 6) is 5.99. The Kier molecular flexibility index (Phi) is 3.66. The monoisotopic (exact) mass is 166 g/mol. The second-order valence-electron chi connectivity index (χ2n) is 2.96. The normalized spacial score (nSPS) is 21.4. The molecule has 1 saturated heterocycles. The first kappa shape index (κ1) is 9.12. The topological polar surface area (TPSA) is 26.3 Å². The van der Waals surface area contributed by atoms with Crippen LogP contribution in [0, 0.1) is 11.8 Å². The molecule has 2 heteroatoms. The summed E-state index contributed by atoms with van der Waals surface area (Å²) in [6, 6.07) is 0. The van der Waals surface area contributed by atoms with Crippen LogP contribution in [0.3, 0.4) is 0 Å². The van der Waals surface area contributed by atoms with Gasteiger partial charge in [-0.25, -0.2) is 0 Å². The molecule has 1 fully saturated rings. The molecular weight excluding hydrogens is 152 g/mol.